The predicted molar refractivity (Wildman–Crippen MR) is 95.6 cm³/mol. The molecule has 1 aromatic rings. The number of hydrogen-bond acceptors (Lipinski definition) is 2. The minimum Gasteiger partial charge on any atom is -0.465 e. The van der Waals surface area contributed by atoms with Gasteiger partial charge in [-0.2, -0.15) is 0 Å². The number of halogens is 1. The van der Waals surface area contributed by atoms with Gasteiger partial charge < -0.3 is 14.9 Å². The summed E-state index contributed by atoms with van der Waals surface area (Å²) in [6.45, 7) is 6.98. The Bertz CT molecular complexity index is 683. The van der Waals surface area contributed by atoms with E-state index in [1.165, 1.54) is 4.90 Å². The Balaban J connectivity index is 2.11. The highest BCUT2D eigenvalue weighted by atomic mass is 79.9. The van der Waals surface area contributed by atoms with Crippen molar-refractivity contribution in [3.05, 3.63) is 34.3 Å². The van der Waals surface area contributed by atoms with Crippen molar-refractivity contribution in [1.29, 1.82) is 0 Å². The van der Waals surface area contributed by atoms with Crippen molar-refractivity contribution in [3.8, 4) is 11.8 Å². The smallest absolute Gasteiger partial charge is 0.407 e. The van der Waals surface area contributed by atoms with Crippen LogP contribution in [0.4, 0.5) is 4.79 Å². The Kier molecular flexibility index (Phi) is 5.55. The number of nitrogens with zero attached hydrogens (tertiary/aromatic N) is 2. The summed E-state index contributed by atoms with van der Waals surface area (Å²) < 4.78 is 0.956. The fourth-order valence-corrected chi connectivity index (χ4v) is 2.94. The summed E-state index contributed by atoms with van der Waals surface area (Å²) in [5.41, 5.74) is 0.513. The summed E-state index contributed by atoms with van der Waals surface area (Å²) in [4.78, 5) is 26.8. The van der Waals surface area contributed by atoms with Crippen molar-refractivity contribution in [1.82, 2.24) is 9.80 Å². The quantitative estimate of drug-likeness (QED) is 0.690. The van der Waals surface area contributed by atoms with Gasteiger partial charge in [0.05, 0.1) is 6.04 Å². The van der Waals surface area contributed by atoms with Crippen LogP contribution in [-0.4, -0.2) is 52.6 Å². The van der Waals surface area contributed by atoms with Gasteiger partial charge in [-0.25, -0.2) is 4.79 Å². The van der Waals surface area contributed by atoms with E-state index in [-0.39, 0.29) is 17.4 Å². The molecular weight excluding hydrogens is 372 g/mol. The normalized spacial score (nSPS) is 17.9. The fourth-order valence-electron chi connectivity index (χ4n) is 2.68. The maximum Gasteiger partial charge on any atom is 0.407 e. The first-order valence-electron chi connectivity index (χ1n) is 7.74. The van der Waals surface area contributed by atoms with Gasteiger partial charge in [0.15, 0.2) is 0 Å². The maximum absolute atomic E-state index is 12.4. The number of carbonyl (C=O) groups excluding carboxylic acids is 1. The van der Waals surface area contributed by atoms with E-state index in [1.807, 2.05) is 45.0 Å². The van der Waals surface area contributed by atoms with Crippen molar-refractivity contribution < 1.29 is 14.7 Å². The molecule has 0 radical (unpaired) electrons. The Morgan fingerprint density at radius 1 is 1.21 bits per heavy atom. The number of carboxylic acid groups (broad SMARTS) is 1. The second-order valence-corrected chi connectivity index (χ2v) is 7.78. The molecule has 1 aromatic carbocycles. The van der Waals surface area contributed by atoms with Gasteiger partial charge in [-0.3, -0.25) is 4.79 Å². The molecule has 1 atom stereocenters. The fraction of sp³-hybridized carbons (Fsp3) is 0.444. The first kappa shape index (κ1) is 18.3. The molecule has 2 rings (SSSR count). The van der Waals surface area contributed by atoms with E-state index < -0.39 is 6.09 Å². The van der Waals surface area contributed by atoms with Crippen LogP contribution in [0.3, 0.4) is 0 Å². The van der Waals surface area contributed by atoms with Gasteiger partial charge in [0.2, 0.25) is 0 Å². The average molecular weight is 393 g/mol. The molecule has 6 heteroatoms. The van der Waals surface area contributed by atoms with Gasteiger partial charge in [-0.15, -0.1) is 0 Å². The lowest BCUT2D eigenvalue weighted by molar-refractivity contribution is -0.128. The van der Waals surface area contributed by atoms with Gasteiger partial charge in [0.25, 0.3) is 5.91 Å². The third kappa shape index (κ3) is 4.51. The summed E-state index contributed by atoms with van der Waals surface area (Å²) in [7, 11) is 0. The zero-order valence-electron chi connectivity index (χ0n) is 14.0. The number of rotatable bonds is 0. The topological polar surface area (TPSA) is 60.9 Å². The number of amides is 2. The molecule has 1 heterocycles. The molecule has 24 heavy (non-hydrogen) atoms. The largest absolute Gasteiger partial charge is 0.465 e. The molecule has 0 saturated carbocycles. The summed E-state index contributed by atoms with van der Waals surface area (Å²) in [5, 5.41) is 9.36. The summed E-state index contributed by atoms with van der Waals surface area (Å²) in [6.07, 6.45) is -0.942. The van der Waals surface area contributed by atoms with Crippen LogP contribution in [0.2, 0.25) is 0 Å². The van der Waals surface area contributed by atoms with E-state index in [1.54, 1.807) is 4.90 Å². The highest BCUT2D eigenvalue weighted by Gasteiger charge is 2.38. The lowest BCUT2D eigenvalue weighted by atomic mass is 9.84. The summed E-state index contributed by atoms with van der Waals surface area (Å²) in [6, 6.07) is 7.17. The maximum atomic E-state index is 12.4. The van der Waals surface area contributed by atoms with Gasteiger partial charge in [0, 0.05) is 35.6 Å². The lowest BCUT2D eigenvalue weighted by Gasteiger charge is -2.45. The predicted octanol–water partition coefficient (Wildman–Crippen LogP) is 3.04. The highest BCUT2D eigenvalue weighted by Crippen LogP contribution is 2.27. The molecule has 128 valence electrons. The number of carbonyl (C=O) groups is 2. The lowest BCUT2D eigenvalue weighted by Crippen LogP contribution is -2.60. The van der Waals surface area contributed by atoms with Crippen LogP contribution < -0.4 is 0 Å². The third-order valence-corrected chi connectivity index (χ3v) is 4.60. The van der Waals surface area contributed by atoms with Crippen LogP contribution in [-0.2, 0) is 4.79 Å². The summed E-state index contributed by atoms with van der Waals surface area (Å²) in [5.74, 6) is 5.26. The SMILES string of the molecule is CC(C)(C)C1CN(C(=O)C#Cc2ccc(Br)cc2)CCN1C(=O)O. The van der Waals surface area contributed by atoms with Crippen LogP contribution in [0.15, 0.2) is 28.7 Å². The molecule has 5 nitrogen and oxygen atoms in total. The van der Waals surface area contributed by atoms with Gasteiger partial charge in [-0.05, 0) is 29.7 Å². The van der Waals surface area contributed by atoms with Gasteiger partial charge in [-0.1, -0.05) is 42.6 Å². The zero-order chi connectivity index (χ0) is 17.9. The minimum atomic E-state index is -0.942. The molecule has 1 saturated heterocycles. The van der Waals surface area contributed by atoms with E-state index in [0.717, 1.165) is 10.0 Å². The van der Waals surface area contributed by atoms with Crippen LogP contribution >= 0.6 is 15.9 Å². The molecule has 1 aliphatic heterocycles. The highest BCUT2D eigenvalue weighted by molar-refractivity contribution is 9.10. The van der Waals surface area contributed by atoms with Crippen molar-refractivity contribution in [3.63, 3.8) is 0 Å². The first-order valence-corrected chi connectivity index (χ1v) is 8.54. The molecule has 1 N–H and O–H groups in total. The molecule has 1 aliphatic rings. The van der Waals surface area contributed by atoms with Crippen LogP contribution in [0, 0.1) is 17.3 Å². The Morgan fingerprint density at radius 2 is 1.83 bits per heavy atom. The minimum absolute atomic E-state index is 0.248. The Morgan fingerprint density at radius 3 is 2.38 bits per heavy atom. The first-order chi connectivity index (χ1) is 11.2. The molecule has 0 bridgehead atoms. The van der Waals surface area contributed by atoms with E-state index in [0.29, 0.717) is 19.6 Å². The van der Waals surface area contributed by atoms with Gasteiger partial charge >= 0.3 is 6.09 Å². The molecule has 0 aliphatic carbocycles. The molecular formula is C18H21BrN2O3. The third-order valence-electron chi connectivity index (χ3n) is 4.07. The Labute approximate surface area is 150 Å². The molecule has 2 amide bonds. The molecule has 0 aromatic heterocycles. The van der Waals surface area contributed by atoms with Crippen LogP contribution in [0.1, 0.15) is 26.3 Å². The standard InChI is InChI=1S/C18H21BrN2O3/c1-18(2,3)15-12-20(10-11-21(15)17(23)24)16(22)9-6-13-4-7-14(19)8-5-13/h4-5,7-8,15H,10-12H2,1-3H3,(H,23,24). The van der Waals surface area contributed by atoms with Crippen LogP contribution in [0.5, 0.6) is 0 Å². The van der Waals surface area contributed by atoms with Crippen molar-refractivity contribution in [2.24, 2.45) is 5.41 Å². The average Bonchev–Trinajstić information content (AvgIpc) is 2.52. The van der Waals surface area contributed by atoms with E-state index >= 15 is 0 Å². The molecule has 0 spiro atoms. The van der Waals surface area contributed by atoms with E-state index in [2.05, 4.69) is 27.8 Å². The van der Waals surface area contributed by atoms with Crippen LogP contribution in [0.25, 0.3) is 0 Å². The second-order valence-electron chi connectivity index (χ2n) is 6.87. The van der Waals surface area contributed by atoms with E-state index in [4.69, 9.17) is 0 Å². The second kappa shape index (κ2) is 7.27. The summed E-state index contributed by atoms with van der Waals surface area (Å²) >= 11 is 3.35. The Hall–Kier alpha value is -2.00. The zero-order valence-corrected chi connectivity index (χ0v) is 15.6. The number of hydrogen-bond donors (Lipinski definition) is 1. The van der Waals surface area contributed by atoms with Crippen molar-refractivity contribution in [2.75, 3.05) is 19.6 Å². The monoisotopic (exact) mass is 392 g/mol. The molecule has 1 unspecified atom stereocenters. The van der Waals surface area contributed by atoms with Crippen molar-refractivity contribution in [2.45, 2.75) is 26.8 Å². The number of benzene rings is 1. The molecule has 1 fully saturated rings. The van der Waals surface area contributed by atoms with Crippen molar-refractivity contribution >= 4 is 27.9 Å². The van der Waals surface area contributed by atoms with Gasteiger partial charge in [0.1, 0.15) is 0 Å². The number of piperazine rings is 1. The van der Waals surface area contributed by atoms with E-state index in [9.17, 15) is 14.7 Å².